The van der Waals surface area contributed by atoms with E-state index in [1.54, 1.807) is 4.90 Å². The van der Waals surface area contributed by atoms with Crippen LogP contribution in [0.15, 0.2) is 24.3 Å². The number of alkyl halides is 2. The van der Waals surface area contributed by atoms with Crippen molar-refractivity contribution in [2.45, 2.75) is 18.5 Å². The Labute approximate surface area is 157 Å². The van der Waals surface area contributed by atoms with Crippen molar-refractivity contribution in [1.82, 2.24) is 10.2 Å². The molecule has 2 aromatic rings. The summed E-state index contributed by atoms with van der Waals surface area (Å²) in [4.78, 5) is 43.8. The number of carbonyl (C=O) groups excluding carboxylic acids is 2. The predicted molar refractivity (Wildman–Crippen MR) is 95.9 cm³/mol. The highest BCUT2D eigenvalue weighted by Crippen LogP contribution is 2.59. The summed E-state index contributed by atoms with van der Waals surface area (Å²) < 4.78 is 39.2. The van der Waals surface area contributed by atoms with E-state index in [-0.39, 0.29) is 22.7 Å². The maximum Gasteiger partial charge on any atom is 0.399 e. The highest BCUT2D eigenvalue weighted by molar-refractivity contribution is 7.52. The van der Waals surface area contributed by atoms with Crippen molar-refractivity contribution in [2.24, 2.45) is 0 Å². The number of fused-ring (bicyclic) bond motifs is 1. The standard InChI is InChI=1S/C16H17F2N2O5PS/c17-16(18,26(23,24)25)11-3-4-12-10(7-11)8-13(27-12)15(22)19-9-14(21)20-5-1-2-6-20/h3-4,7-8H,1-2,5-6,9H2,(H,19,22)(H2,23,24,25). The van der Waals surface area contributed by atoms with Gasteiger partial charge in [0.15, 0.2) is 0 Å². The van der Waals surface area contributed by atoms with E-state index in [9.17, 15) is 22.9 Å². The molecule has 0 atom stereocenters. The summed E-state index contributed by atoms with van der Waals surface area (Å²) in [5.74, 6) is -0.683. The number of rotatable bonds is 5. The number of carbonyl (C=O) groups is 2. The molecule has 1 saturated heterocycles. The monoisotopic (exact) mass is 418 g/mol. The second-order valence-corrected chi connectivity index (χ2v) is 8.95. The third-order valence-electron chi connectivity index (χ3n) is 4.31. The lowest BCUT2D eigenvalue weighted by atomic mass is 10.1. The first-order valence-electron chi connectivity index (χ1n) is 8.13. The van der Waals surface area contributed by atoms with Crippen LogP contribution in [-0.2, 0) is 15.0 Å². The zero-order valence-electron chi connectivity index (χ0n) is 14.0. The maximum atomic E-state index is 13.8. The molecule has 0 spiro atoms. The van der Waals surface area contributed by atoms with Crippen LogP contribution in [0.1, 0.15) is 28.1 Å². The molecule has 1 aromatic heterocycles. The third-order valence-corrected chi connectivity index (χ3v) is 6.42. The van der Waals surface area contributed by atoms with Gasteiger partial charge in [-0.15, -0.1) is 11.3 Å². The van der Waals surface area contributed by atoms with E-state index in [1.807, 2.05) is 0 Å². The molecule has 146 valence electrons. The summed E-state index contributed by atoms with van der Waals surface area (Å²) in [6, 6.07) is 4.52. The minimum absolute atomic E-state index is 0.144. The second-order valence-electron chi connectivity index (χ2n) is 6.22. The quantitative estimate of drug-likeness (QED) is 0.647. The number of nitrogens with zero attached hydrogens (tertiary/aromatic N) is 1. The van der Waals surface area contributed by atoms with E-state index in [4.69, 9.17) is 9.79 Å². The van der Waals surface area contributed by atoms with Gasteiger partial charge in [0.05, 0.1) is 11.4 Å². The average molecular weight is 418 g/mol. The zero-order chi connectivity index (χ0) is 19.8. The van der Waals surface area contributed by atoms with Crippen molar-refractivity contribution in [3.05, 3.63) is 34.7 Å². The van der Waals surface area contributed by atoms with Gasteiger partial charge in [0.25, 0.3) is 5.91 Å². The van der Waals surface area contributed by atoms with Gasteiger partial charge < -0.3 is 20.0 Å². The van der Waals surface area contributed by atoms with Gasteiger partial charge in [-0.1, -0.05) is 6.07 Å². The molecule has 2 heterocycles. The molecular weight excluding hydrogens is 401 g/mol. The first-order chi connectivity index (χ1) is 12.6. The highest BCUT2D eigenvalue weighted by Gasteiger charge is 2.50. The second kappa shape index (κ2) is 7.27. The van der Waals surface area contributed by atoms with Crippen molar-refractivity contribution in [3.8, 4) is 0 Å². The van der Waals surface area contributed by atoms with Crippen LogP contribution in [0.4, 0.5) is 8.78 Å². The number of thiophene rings is 1. The number of hydrogen-bond donors (Lipinski definition) is 3. The van der Waals surface area contributed by atoms with E-state index in [2.05, 4.69) is 5.32 Å². The fourth-order valence-electron chi connectivity index (χ4n) is 2.83. The fraction of sp³-hybridized carbons (Fsp3) is 0.375. The number of likely N-dealkylation sites (tertiary alicyclic amines) is 1. The molecule has 1 aliphatic rings. The Morgan fingerprint density at radius 3 is 2.52 bits per heavy atom. The van der Waals surface area contributed by atoms with Gasteiger partial charge in [-0.3, -0.25) is 14.2 Å². The van der Waals surface area contributed by atoms with Gasteiger partial charge in [0.1, 0.15) is 0 Å². The highest BCUT2D eigenvalue weighted by atomic mass is 32.1. The van der Waals surface area contributed by atoms with Crippen molar-refractivity contribution in [3.63, 3.8) is 0 Å². The van der Waals surface area contributed by atoms with Gasteiger partial charge in [0, 0.05) is 23.4 Å². The maximum absolute atomic E-state index is 13.8. The van der Waals surface area contributed by atoms with Crippen molar-refractivity contribution in [2.75, 3.05) is 19.6 Å². The van der Waals surface area contributed by atoms with E-state index < -0.39 is 24.7 Å². The average Bonchev–Trinajstić information content (AvgIpc) is 3.26. The molecule has 1 fully saturated rings. The molecular formula is C16H17F2N2O5PS. The number of benzene rings is 1. The Hall–Kier alpha value is -1.87. The summed E-state index contributed by atoms with van der Waals surface area (Å²) in [5.41, 5.74) is -5.13. The van der Waals surface area contributed by atoms with Gasteiger partial charge in [0.2, 0.25) is 5.91 Å². The van der Waals surface area contributed by atoms with Crippen LogP contribution >= 0.6 is 18.9 Å². The van der Waals surface area contributed by atoms with Crippen LogP contribution in [0, 0.1) is 0 Å². The van der Waals surface area contributed by atoms with Crippen LogP contribution in [0.25, 0.3) is 10.1 Å². The van der Waals surface area contributed by atoms with Gasteiger partial charge >= 0.3 is 13.3 Å². The summed E-state index contributed by atoms with van der Waals surface area (Å²) in [7, 11) is -5.66. The summed E-state index contributed by atoms with van der Waals surface area (Å²) in [5, 5.41) is 2.78. The molecule has 27 heavy (non-hydrogen) atoms. The molecule has 0 radical (unpaired) electrons. The van der Waals surface area contributed by atoms with Crippen LogP contribution in [-0.4, -0.2) is 46.1 Å². The van der Waals surface area contributed by atoms with Crippen LogP contribution < -0.4 is 5.32 Å². The molecule has 1 aliphatic heterocycles. The molecule has 0 bridgehead atoms. The number of amides is 2. The van der Waals surface area contributed by atoms with E-state index in [1.165, 1.54) is 12.1 Å². The fourth-order valence-corrected chi connectivity index (χ4v) is 4.27. The molecule has 7 nitrogen and oxygen atoms in total. The smallest absolute Gasteiger partial charge is 0.342 e. The van der Waals surface area contributed by atoms with Crippen molar-refractivity contribution in [1.29, 1.82) is 0 Å². The summed E-state index contributed by atoms with van der Waals surface area (Å²) >= 11 is 1.04. The van der Waals surface area contributed by atoms with Crippen molar-refractivity contribution < 1.29 is 32.7 Å². The van der Waals surface area contributed by atoms with Gasteiger partial charge in [-0.25, -0.2) is 0 Å². The Bertz CT molecular complexity index is 936. The topological polar surface area (TPSA) is 107 Å². The van der Waals surface area contributed by atoms with Gasteiger partial charge in [-0.05, 0) is 36.4 Å². The minimum Gasteiger partial charge on any atom is -0.342 e. The van der Waals surface area contributed by atoms with Crippen molar-refractivity contribution >= 4 is 40.8 Å². The Balaban J connectivity index is 1.75. The molecule has 1 aromatic carbocycles. The summed E-state index contributed by atoms with van der Waals surface area (Å²) in [6.07, 6.45) is 1.88. The van der Waals surface area contributed by atoms with Crippen LogP contribution in [0.3, 0.4) is 0 Å². The lowest BCUT2D eigenvalue weighted by Crippen LogP contribution is -2.38. The molecule has 11 heteroatoms. The first-order valence-corrected chi connectivity index (χ1v) is 10.6. The SMILES string of the molecule is O=C(NCC(=O)N1CCCC1)c1cc2cc(C(F)(F)P(=O)(O)O)ccc2s1. The lowest BCUT2D eigenvalue weighted by Gasteiger charge is -2.17. The van der Waals surface area contributed by atoms with Crippen LogP contribution in [0.5, 0.6) is 0 Å². The van der Waals surface area contributed by atoms with Gasteiger partial charge in [-0.2, -0.15) is 8.78 Å². The Morgan fingerprint density at radius 2 is 1.89 bits per heavy atom. The molecule has 0 unspecified atom stereocenters. The molecule has 2 amide bonds. The Kier molecular flexibility index (Phi) is 5.36. The minimum atomic E-state index is -5.66. The first kappa shape index (κ1) is 19.9. The van der Waals surface area contributed by atoms with E-state index in [0.717, 1.165) is 36.3 Å². The lowest BCUT2D eigenvalue weighted by molar-refractivity contribution is -0.129. The zero-order valence-corrected chi connectivity index (χ0v) is 15.7. The molecule has 0 aliphatic carbocycles. The van der Waals surface area contributed by atoms with E-state index in [0.29, 0.717) is 17.8 Å². The molecule has 0 saturated carbocycles. The predicted octanol–water partition coefficient (Wildman–Crippen LogP) is 2.48. The molecule has 3 rings (SSSR count). The molecule has 3 N–H and O–H groups in total. The van der Waals surface area contributed by atoms with E-state index >= 15 is 0 Å². The third kappa shape index (κ3) is 4.03. The van der Waals surface area contributed by atoms with Crippen LogP contribution in [0.2, 0.25) is 0 Å². The number of halogens is 2. The Morgan fingerprint density at radius 1 is 1.22 bits per heavy atom. The number of nitrogens with one attached hydrogen (secondary N) is 1. The normalized spacial score (nSPS) is 15.3. The summed E-state index contributed by atoms with van der Waals surface area (Å²) in [6.45, 7) is 1.21. The largest absolute Gasteiger partial charge is 0.399 e. The number of hydrogen-bond acceptors (Lipinski definition) is 4.